The van der Waals surface area contributed by atoms with Crippen molar-refractivity contribution in [1.29, 1.82) is 0 Å². The highest BCUT2D eigenvalue weighted by molar-refractivity contribution is 9.10. The van der Waals surface area contributed by atoms with Gasteiger partial charge in [0.15, 0.2) is 0 Å². The van der Waals surface area contributed by atoms with Gasteiger partial charge in [0.2, 0.25) is 0 Å². The Balaban J connectivity index is 0.00000128. The van der Waals surface area contributed by atoms with Crippen LogP contribution in [0.5, 0.6) is 0 Å². The van der Waals surface area contributed by atoms with E-state index in [0.717, 1.165) is 5.56 Å². The molecule has 1 aliphatic rings. The number of carbonyl (C=O) groups excluding carboxylic acids is 1. The number of ether oxygens (including phenoxy) is 1. The average molecular weight is 311 g/mol. The molecule has 1 aromatic rings. The summed E-state index contributed by atoms with van der Waals surface area (Å²) in [5.74, 6) is -0.319. The normalized spacial score (nSPS) is 19.4. The van der Waals surface area contributed by atoms with Crippen LogP contribution in [-0.4, -0.2) is 12.7 Å². The van der Waals surface area contributed by atoms with Gasteiger partial charge in [0, 0.05) is 10.9 Å². The van der Waals surface area contributed by atoms with Crippen LogP contribution in [0.25, 0.3) is 0 Å². The van der Waals surface area contributed by atoms with Crippen LogP contribution in [0.2, 0.25) is 0 Å². The van der Waals surface area contributed by atoms with Crippen LogP contribution in [-0.2, 0) is 4.74 Å². The molecule has 1 aromatic carbocycles. The van der Waals surface area contributed by atoms with Gasteiger partial charge in [0.25, 0.3) is 0 Å². The third-order valence-electron chi connectivity index (χ3n) is 2.22. The number of nitrogens with one attached hydrogen (secondary N) is 1. The van der Waals surface area contributed by atoms with Crippen molar-refractivity contribution < 1.29 is 13.9 Å². The zero-order chi connectivity index (χ0) is 10.8. The van der Waals surface area contributed by atoms with E-state index in [9.17, 15) is 9.18 Å². The van der Waals surface area contributed by atoms with Gasteiger partial charge >= 0.3 is 6.09 Å². The SMILES string of the molecule is Cl.O=C1N[C@@H](c2cc(F)cc(Br)c2)CCO1. The molecule has 1 aliphatic heterocycles. The molecule has 1 atom stereocenters. The lowest BCUT2D eigenvalue weighted by atomic mass is 10.0. The van der Waals surface area contributed by atoms with E-state index in [0.29, 0.717) is 17.5 Å². The molecule has 3 nitrogen and oxygen atoms in total. The molecule has 1 N–H and O–H groups in total. The van der Waals surface area contributed by atoms with Crippen LogP contribution in [0.15, 0.2) is 22.7 Å². The first kappa shape index (κ1) is 13.3. The summed E-state index contributed by atoms with van der Waals surface area (Å²) in [5, 5.41) is 2.64. The standard InChI is InChI=1S/C10H9BrFNO2.ClH/c11-7-3-6(4-8(12)5-7)9-1-2-15-10(14)13-9;/h3-5,9H,1-2H2,(H,13,14);1H/t9-;/m1./s1. The summed E-state index contributed by atoms with van der Waals surface area (Å²) in [6.07, 6.45) is 0.202. The summed E-state index contributed by atoms with van der Waals surface area (Å²) in [4.78, 5) is 11.0. The van der Waals surface area contributed by atoms with Gasteiger partial charge in [-0.15, -0.1) is 12.4 Å². The average Bonchev–Trinajstić information content (AvgIpc) is 2.16. The fraction of sp³-hybridized carbons (Fsp3) is 0.300. The topological polar surface area (TPSA) is 38.3 Å². The molecule has 2 rings (SSSR count). The molecule has 0 radical (unpaired) electrons. The molecule has 0 spiro atoms. The van der Waals surface area contributed by atoms with E-state index >= 15 is 0 Å². The first-order valence-corrected chi connectivity index (χ1v) is 5.34. The molecule has 0 aromatic heterocycles. The van der Waals surface area contributed by atoms with Gasteiger partial charge in [-0.25, -0.2) is 9.18 Å². The minimum atomic E-state index is -0.452. The van der Waals surface area contributed by atoms with Gasteiger partial charge in [0.1, 0.15) is 5.82 Å². The number of carbonyl (C=O) groups is 1. The second-order valence-corrected chi connectivity index (χ2v) is 4.24. The second kappa shape index (κ2) is 5.50. The first-order valence-electron chi connectivity index (χ1n) is 4.54. The Bertz CT molecular complexity index is 382. The number of benzene rings is 1. The summed E-state index contributed by atoms with van der Waals surface area (Å²) in [7, 11) is 0. The van der Waals surface area contributed by atoms with Gasteiger partial charge in [0.05, 0.1) is 12.6 Å². The van der Waals surface area contributed by atoms with Crippen molar-refractivity contribution in [1.82, 2.24) is 5.32 Å². The fourth-order valence-corrected chi connectivity index (χ4v) is 2.03. The van der Waals surface area contributed by atoms with Gasteiger partial charge in [-0.05, 0) is 23.8 Å². The molecule has 0 bridgehead atoms. The van der Waals surface area contributed by atoms with Crippen LogP contribution >= 0.6 is 28.3 Å². The van der Waals surface area contributed by atoms with E-state index in [1.165, 1.54) is 12.1 Å². The Kier molecular flexibility index (Phi) is 4.56. The molecule has 1 fully saturated rings. The molecule has 1 heterocycles. The highest BCUT2D eigenvalue weighted by Crippen LogP contribution is 2.24. The summed E-state index contributed by atoms with van der Waals surface area (Å²) < 4.78 is 18.5. The quantitative estimate of drug-likeness (QED) is 0.865. The maximum Gasteiger partial charge on any atom is 0.407 e. The molecular weight excluding hydrogens is 300 g/mol. The third kappa shape index (κ3) is 3.09. The third-order valence-corrected chi connectivity index (χ3v) is 2.68. The summed E-state index contributed by atoms with van der Waals surface area (Å²) in [6, 6.07) is 4.42. The molecule has 0 aliphatic carbocycles. The molecule has 1 saturated heterocycles. The van der Waals surface area contributed by atoms with E-state index in [2.05, 4.69) is 21.2 Å². The predicted octanol–water partition coefficient (Wildman–Crippen LogP) is 3.18. The monoisotopic (exact) mass is 309 g/mol. The van der Waals surface area contributed by atoms with Crippen molar-refractivity contribution in [2.45, 2.75) is 12.5 Å². The lowest BCUT2D eigenvalue weighted by molar-refractivity contribution is 0.115. The zero-order valence-electron chi connectivity index (χ0n) is 8.20. The molecule has 1 amide bonds. The number of amides is 1. The van der Waals surface area contributed by atoms with Crippen LogP contribution in [0, 0.1) is 5.82 Å². The number of hydrogen-bond donors (Lipinski definition) is 1. The number of rotatable bonds is 1. The smallest absolute Gasteiger partial charge is 0.407 e. The maximum atomic E-state index is 13.1. The zero-order valence-corrected chi connectivity index (χ0v) is 10.6. The van der Waals surface area contributed by atoms with Crippen LogP contribution in [0.1, 0.15) is 18.0 Å². The molecular formula is C10H10BrClFNO2. The summed E-state index contributed by atoms with van der Waals surface area (Å²) in [6.45, 7) is 0.366. The second-order valence-electron chi connectivity index (χ2n) is 3.32. The highest BCUT2D eigenvalue weighted by atomic mass is 79.9. The first-order chi connectivity index (χ1) is 7.15. The van der Waals surface area contributed by atoms with Gasteiger partial charge in [-0.3, -0.25) is 0 Å². The van der Waals surface area contributed by atoms with E-state index in [1.54, 1.807) is 6.07 Å². The van der Waals surface area contributed by atoms with Crippen LogP contribution < -0.4 is 5.32 Å². The molecule has 0 unspecified atom stereocenters. The lowest BCUT2D eigenvalue weighted by Crippen LogP contribution is -2.35. The largest absolute Gasteiger partial charge is 0.449 e. The Morgan fingerprint density at radius 2 is 2.19 bits per heavy atom. The Morgan fingerprint density at radius 1 is 1.44 bits per heavy atom. The fourth-order valence-electron chi connectivity index (χ4n) is 1.55. The van der Waals surface area contributed by atoms with Crippen molar-refractivity contribution in [3.05, 3.63) is 34.1 Å². The van der Waals surface area contributed by atoms with Crippen LogP contribution in [0.3, 0.4) is 0 Å². The summed E-state index contributed by atoms with van der Waals surface area (Å²) >= 11 is 3.21. The van der Waals surface area contributed by atoms with E-state index in [-0.39, 0.29) is 24.3 Å². The Hall–Kier alpha value is -0.810. The van der Waals surface area contributed by atoms with Gasteiger partial charge in [-0.1, -0.05) is 15.9 Å². The number of alkyl carbamates (subject to hydrolysis) is 1. The maximum absolute atomic E-state index is 13.1. The van der Waals surface area contributed by atoms with Crippen molar-refractivity contribution >= 4 is 34.4 Å². The minimum absolute atomic E-state index is 0. The Morgan fingerprint density at radius 3 is 2.81 bits per heavy atom. The van der Waals surface area contributed by atoms with Crippen molar-refractivity contribution in [2.24, 2.45) is 0 Å². The lowest BCUT2D eigenvalue weighted by Gasteiger charge is -2.23. The number of hydrogen-bond acceptors (Lipinski definition) is 2. The Labute approximate surface area is 107 Å². The number of halogens is 3. The molecule has 6 heteroatoms. The molecule has 88 valence electrons. The van der Waals surface area contributed by atoms with Crippen LogP contribution in [0.4, 0.5) is 9.18 Å². The van der Waals surface area contributed by atoms with E-state index in [1.807, 2.05) is 0 Å². The number of cyclic esters (lactones) is 1. The predicted molar refractivity (Wildman–Crippen MR) is 63.2 cm³/mol. The van der Waals surface area contributed by atoms with Gasteiger partial charge < -0.3 is 10.1 Å². The van der Waals surface area contributed by atoms with Gasteiger partial charge in [-0.2, -0.15) is 0 Å². The molecule has 0 saturated carbocycles. The van der Waals surface area contributed by atoms with Crippen molar-refractivity contribution in [2.75, 3.05) is 6.61 Å². The summed E-state index contributed by atoms with van der Waals surface area (Å²) in [5.41, 5.74) is 0.749. The van der Waals surface area contributed by atoms with E-state index < -0.39 is 6.09 Å². The van der Waals surface area contributed by atoms with Crippen molar-refractivity contribution in [3.8, 4) is 0 Å². The highest BCUT2D eigenvalue weighted by Gasteiger charge is 2.21. The van der Waals surface area contributed by atoms with E-state index in [4.69, 9.17) is 4.74 Å². The molecule has 16 heavy (non-hydrogen) atoms. The van der Waals surface area contributed by atoms with Crippen molar-refractivity contribution in [3.63, 3.8) is 0 Å². The minimum Gasteiger partial charge on any atom is -0.449 e.